The molecule has 0 aliphatic carbocycles. The zero-order valence-corrected chi connectivity index (χ0v) is 12.6. The molecule has 0 aromatic rings. The van der Waals surface area contributed by atoms with Crippen LogP contribution in [0, 0.1) is 24.7 Å². The highest BCUT2D eigenvalue weighted by Crippen LogP contribution is 2.31. The van der Waals surface area contributed by atoms with Crippen LogP contribution in [0.3, 0.4) is 0 Å². The second kappa shape index (κ2) is 7.65. The molecule has 6 nitrogen and oxygen atoms in total. The highest BCUT2D eigenvalue weighted by Gasteiger charge is 2.41. The minimum absolute atomic E-state index is 0.0334. The SMILES string of the molecule is C#CCC(CC#C)(CCCCCS(=O)(=O)O)S(=O)(=O)O. The van der Waals surface area contributed by atoms with Gasteiger partial charge in [-0.25, -0.2) is 0 Å². The fraction of sp³-hybridized carbons (Fsp3) is 0.667. The van der Waals surface area contributed by atoms with E-state index in [4.69, 9.17) is 17.4 Å². The van der Waals surface area contributed by atoms with Gasteiger partial charge in [-0.05, 0) is 12.8 Å². The van der Waals surface area contributed by atoms with Gasteiger partial charge in [0.25, 0.3) is 20.2 Å². The van der Waals surface area contributed by atoms with Crippen molar-refractivity contribution in [2.24, 2.45) is 0 Å². The Morgan fingerprint density at radius 2 is 1.40 bits per heavy atom. The molecule has 8 heteroatoms. The van der Waals surface area contributed by atoms with Crippen LogP contribution in [0.25, 0.3) is 0 Å². The molecule has 0 aromatic heterocycles. The molecule has 0 unspecified atom stereocenters. The van der Waals surface area contributed by atoms with Crippen LogP contribution in [0.2, 0.25) is 0 Å². The van der Waals surface area contributed by atoms with Gasteiger partial charge < -0.3 is 0 Å². The van der Waals surface area contributed by atoms with Crippen molar-refractivity contribution in [2.75, 3.05) is 5.75 Å². The molecule has 0 aliphatic heterocycles. The summed E-state index contributed by atoms with van der Waals surface area (Å²) in [5.74, 6) is 4.00. The molecule has 0 saturated heterocycles. The molecular weight excluding hydrogens is 304 g/mol. The average Bonchev–Trinajstić information content (AvgIpc) is 2.25. The topological polar surface area (TPSA) is 109 Å². The largest absolute Gasteiger partial charge is 0.286 e. The Morgan fingerprint density at radius 3 is 1.75 bits per heavy atom. The van der Waals surface area contributed by atoms with Gasteiger partial charge in [0.1, 0.15) is 4.75 Å². The molecule has 114 valence electrons. The fourth-order valence-corrected chi connectivity index (χ4v) is 3.33. The van der Waals surface area contributed by atoms with E-state index < -0.39 is 30.7 Å². The van der Waals surface area contributed by atoms with Crippen LogP contribution < -0.4 is 0 Å². The summed E-state index contributed by atoms with van der Waals surface area (Å²) < 4.78 is 60.3. The highest BCUT2D eigenvalue weighted by atomic mass is 32.2. The number of terminal acetylenes is 2. The van der Waals surface area contributed by atoms with Gasteiger partial charge in [-0.15, -0.1) is 24.7 Å². The quantitative estimate of drug-likeness (QED) is 0.374. The molecule has 0 aromatic carbocycles. The van der Waals surface area contributed by atoms with Gasteiger partial charge in [0.05, 0.1) is 5.75 Å². The van der Waals surface area contributed by atoms with Crippen molar-refractivity contribution < 1.29 is 25.9 Å². The molecule has 0 aliphatic rings. The Labute approximate surface area is 120 Å². The van der Waals surface area contributed by atoms with Crippen molar-refractivity contribution in [1.29, 1.82) is 0 Å². The van der Waals surface area contributed by atoms with Crippen molar-refractivity contribution >= 4 is 20.2 Å². The normalized spacial score (nSPS) is 12.6. The van der Waals surface area contributed by atoms with E-state index in [2.05, 4.69) is 11.8 Å². The van der Waals surface area contributed by atoms with Crippen molar-refractivity contribution in [3.63, 3.8) is 0 Å². The summed E-state index contributed by atoms with van der Waals surface area (Å²) in [4.78, 5) is 0. The third kappa shape index (κ3) is 6.40. The molecule has 0 heterocycles. The Hall–Kier alpha value is -1.06. The molecule has 0 radical (unpaired) electrons. The second-order valence-electron chi connectivity index (χ2n) is 4.52. The summed E-state index contributed by atoms with van der Waals surface area (Å²) in [6, 6.07) is 0. The van der Waals surface area contributed by atoms with Gasteiger partial charge in [0.15, 0.2) is 0 Å². The average molecular weight is 322 g/mol. The fourth-order valence-electron chi connectivity index (χ4n) is 1.83. The van der Waals surface area contributed by atoms with E-state index in [1.165, 1.54) is 0 Å². The van der Waals surface area contributed by atoms with Crippen LogP contribution in [-0.2, 0) is 20.2 Å². The lowest BCUT2D eigenvalue weighted by atomic mass is 9.94. The van der Waals surface area contributed by atoms with Gasteiger partial charge in [-0.3, -0.25) is 9.11 Å². The van der Waals surface area contributed by atoms with Crippen molar-refractivity contribution in [2.45, 2.75) is 43.3 Å². The van der Waals surface area contributed by atoms with E-state index in [9.17, 15) is 21.4 Å². The molecule has 0 rings (SSSR count). The molecule has 0 amide bonds. The van der Waals surface area contributed by atoms with E-state index in [0.29, 0.717) is 12.8 Å². The Bertz CT molecular complexity index is 573. The first-order valence-corrected chi connectivity index (χ1v) is 8.92. The first-order chi connectivity index (χ1) is 9.08. The smallest absolute Gasteiger partial charge is 0.272 e. The molecule has 0 bridgehead atoms. The third-order valence-corrected chi connectivity index (χ3v) is 5.32. The minimum Gasteiger partial charge on any atom is -0.286 e. The number of hydrogen-bond acceptors (Lipinski definition) is 4. The first kappa shape index (κ1) is 18.9. The number of unbranched alkanes of at least 4 members (excludes halogenated alkanes) is 2. The number of rotatable bonds is 9. The lowest BCUT2D eigenvalue weighted by molar-refractivity contribution is 0.401. The van der Waals surface area contributed by atoms with Crippen LogP contribution in [0.4, 0.5) is 0 Å². The monoisotopic (exact) mass is 322 g/mol. The molecule has 0 atom stereocenters. The van der Waals surface area contributed by atoms with Crippen molar-refractivity contribution in [3.05, 3.63) is 0 Å². The van der Waals surface area contributed by atoms with Crippen LogP contribution in [0.1, 0.15) is 38.5 Å². The summed E-state index contributed by atoms with van der Waals surface area (Å²) in [5, 5.41) is 0. The van der Waals surface area contributed by atoms with E-state index in [1.807, 2.05) is 0 Å². The molecule has 0 spiro atoms. The van der Waals surface area contributed by atoms with E-state index >= 15 is 0 Å². The third-order valence-electron chi connectivity index (χ3n) is 2.93. The molecule has 2 N–H and O–H groups in total. The second-order valence-corrected chi connectivity index (χ2v) is 7.90. The zero-order chi connectivity index (χ0) is 15.9. The summed E-state index contributed by atoms with van der Waals surface area (Å²) in [7, 11) is -8.44. The standard InChI is InChI=1S/C12H18O6S2/c1-3-8-12(9-4-2,20(16,17)18)10-6-5-7-11-19(13,14)15/h1-2H,5-11H2,(H,13,14,15)(H,16,17,18). The van der Waals surface area contributed by atoms with Crippen LogP contribution in [0.5, 0.6) is 0 Å². The summed E-state index contributed by atoms with van der Waals surface area (Å²) in [6.45, 7) is 0. The maximum absolute atomic E-state index is 11.5. The summed E-state index contributed by atoms with van der Waals surface area (Å²) >= 11 is 0. The summed E-state index contributed by atoms with van der Waals surface area (Å²) in [5.41, 5.74) is 0. The van der Waals surface area contributed by atoms with Gasteiger partial charge in [-0.2, -0.15) is 16.8 Å². The van der Waals surface area contributed by atoms with Crippen LogP contribution in [0.15, 0.2) is 0 Å². The van der Waals surface area contributed by atoms with E-state index in [0.717, 1.165) is 0 Å². The highest BCUT2D eigenvalue weighted by molar-refractivity contribution is 7.87. The molecular formula is C12H18O6S2. The van der Waals surface area contributed by atoms with E-state index in [-0.39, 0.29) is 25.7 Å². The maximum Gasteiger partial charge on any atom is 0.272 e. The van der Waals surface area contributed by atoms with Crippen molar-refractivity contribution in [3.8, 4) is 24.7 Å². The molecule has 0 fully saturated rings. The summed E-state index contributed by atoms with van der Waals surface area (Å²) in [6.07, 6.45) is 10.7. The zero-order valence-electron chi connectivity index (χ0n) is 10.9. The molecule has 20 heavy (non-hydrogen) atoms. The Morgan fingerprint density at radius 1 is 0.900 bits per heavy atom. The number of hydrogen-bond donors (Lipinski definition) is 2. The Balaban J connectivity index is 4.70. The van der Waals surface area contributed by atoms with E-state index in [1.54, 1.807) is 0 Å². The van der Waals surface area contributed by atoms with Gasteiger partial charge in [0, 0.05) is 12.8 Å². The Kier molecular flexibility index (Phi) is 7.25. The van der Waals surface area contributed by atoms with Gasteiger partial charge in [-0.1, -0.05) is 12.8 Å². The molecule has 0 saturated carbocycles. The van der Waals surface area contributed by atoms with Crippen molar-refractivity contribution in [1.82, 2.24) is 0 Å². The van der Waals surface area contributed by atoms with Crippen LogP contribution >= 0.6 is 0 Å². The van der Waals surface area contributed by atoms with Crippen LogP contribution in [-0.4, -0.2) is 36.4 Å². The minimum atomic E-state index is -4.42. The lowest BCUT2D eigenvalue weighted by Crippen LogP contribution is -2.37. The maximum atomic E-state index is 11.5. The van der Waals surface area contributed by atoms with Gasteiger partial charge in [0.2, 0.25) is 0 Å². The predicted octanol–water partition coefficient (Wildman–Crippen LogP) is 1.11. The lowest BCUT2D eigenvalue weighted by Gasteiger charge is -2.26. The predicted molar refractivity (Wildman–Crippen MR) is 76.1 cm³/mol. The first-order valence-electron chi connectivity index (χ1n) is 5.87. The van der Waals surface area contributed by atoms with Gasteiger partial charge >= 0.3 is 0 Å².